The number of amides is 3. The number of likely N-dealkylation sites (tertiary alicyclic amines) is 1. The van der Waals surface area contributed by atoms with Gasteiger partial charge in [-0.1, -0.05) is 30.2 Å². The summed E-state index contributed by atoms with van der Waals surface area (Å²) in [6.07, 6.45) is 4.49. The average Bonchev–Trinajstić information content (AvgIpc) is 3.11. The molecule has 0 radical (unpaired) electrons. The van der Waals surface area contributed by atoms with Crippen LogP contribution >= 0.6 is 11.6 Å². The monoisotopic (exact) mass is 524 g/mol. The molecule has 0 unspecified atom stereocenters. The molecule has 4 N–H and O–H groups in total. The number of nitrogens with one attached hydrogen (secondary N) is 3. The summed E-state index contributed by atoms with van der Waals surface area (Å²) in [4.78, 5) is 26.2. The topological polar surface area (TPSA) is 112 Å². The van der Waals surface area contributed by atoms with Crippen molar-refractivity contribution in [1.82, 2.24) is 20.9 Å². The summed E-state index contributed by atoms with van der Waals surface area (Å²) in [5.41, 5.74) is 0.942. The molecule has 202 valence electrons. The van der Waals surface area contributed by atoms with Crippen molar-refractivity contribution in [3.05, 3.63) is 34.9 Å². The Morgan fingerprint density at radius 2 is 2.06 bits per heavy atom. The van der Waals surface area contributed by atoms with Crippen molar-refractivity contribution < 1.29 is 24.2 Å². The van der Waals surface area contributed by atoms with E-state index in [9.17, 15) is 9.59 Å². The van der Waals surface area contributed by atoms with Crippen molar-refractivity contribution in [3.8, 4) is 0 Å². The molecule has 3 atom stereocenters. The molecule has 0 saturated carbocycles. The van der Waals surface area contributed by atoms with Gasteiger partial charge >= 0.3 is 12.1 Å². The minimum atomic E-state index is -1.08. The molecule has 3 rings (SSSR count). The van der Waals surface area contributed by atoms with Crippen LogP contribution in [0.3, 0.4) is 0 Å². The number of ether oxygens (including phenoxy) is 2. The van der Waals surface area contributed by atoms with Gasteiger partial charge in [0, 0.05) is 56.4 Å². The molecule has 2 saturated heterocycles. The molecule has 2 aliphatic heterocycles. The predicted molar refractivity (Wildman–Crippen MR) is 139 cm³/mol. The van der Waals surface area contributed by atoms with Gasteiger partial charge in [0.05, 0.1) is 12.7 Å². The van der Waals surface area contributed by atoms with Crippen LogP contribution in [0.5, 0.6) is 0 Å². The molecule has 9 nitrogen and oxygen atoms in total. The number of benzene rings is 1. The quantitative estimate of drug-likeness (QED) is 0.327. The average molecular weight is 525 g/mol. The Bertz CT molecular complexity index is 823. The highest BCUT2D eigenvalue weighted by atomic mass is 35.5. The normalized spacial score (nSPS) is 20.8. The molecule has 3 amide bonds. The molecule has 0 aromatic heterocycles. The summed E-state index contributed by atoms with van der Waals surface area (Å²) in [7, 11) is 1.91. The van der Waals surface area contributed by atoms with Gasteiger partial charge in [0.15, 0.2) is 0 Å². The SMILES string of the molecule is CNC[C@H](CC1CCOCC1)NC(=O)N1CCCC[C@@H]([C@@H](OCCNC(=O)O)c2cccc(Cl)c2)C1. The third-order valence-electron chi connectivity index (χ3n) is 7.01. The molecule has 0 bridgehead atoms. The van der Waals surface area contributed by atoms with Crippen molar-refractivity contribution in [3.63, 3.8) is 0 Å². The van der Waals surface area contributed by atoms with Crippen LogP contribution in [0.25, 0.3) is 0 Å². The molecule has 1 aromatic rings. The van der Waals surface area contributed by atoms with Gasteiger partial charge in [0.1, 0.15) is 0 Å². The maximum atomic E-state index is 13.4. The van der Waals surface area contributed by atoms with Crippen LogP contribution < -0.4 is 16.0 Å². The number of hydrogen-bond donors (Lipinski definition) is 4. The van der Waals surface area contributed by atoms with Gasteiger partial charge in [-0.25, -0.2) is 9.59 Å². The van der Waals surface area contributed by atoms with Crippen LogP contribution in [0.4, 0.5) is 9.59 Å². The zero-order valence-corrected chi connectivity index (χ0v) is 22.0. The fourth-order valence-electron chi connectivity index (χ4n) is 5.23. The summed E-state index contributed by atoms with van der Waals surface area (Å²) >= 11 is 6.28. The highest BCUT2D eigenvalue weighted by Gasteiger charge is 2.31. The first kappa shape index (κ1) is 28.5. The second-order valence-electron chi connectivity index (χ2n) is 9.78. The van der Waals surface area contributed by atoms with E-state index in [1.165, 1.54) is 0 Å². The molecule has 2 heterocycles. The number of nitrogens with zero attached hydrogens (tertiary/aromatic N) is 1. The molecule has 10 heteroatoms. The van der Waals surface area contributed by atoms with Crippen molar-refractivity contribution in [2.45, 2.75) is 50.7 Å². The Hall–Kier alpha value is -2.07. The second-order valence-corrected chi connectivity index (χ2v) is 10.2. The molecular weight excluding hydrogens is 484 g/mol. The fourth-order valence-corrected chi connectivity index (χ4v) is 5.43. The van der Waals surface area contributed by atoms with Crippen molar-refractivity contribution in [2.75, 3.05) is 53.0 Å². The van der Waals surface area contributed by atoms with E-state index in [-0.39, 0.29) is 37.2 Å². The van der Waals surface area contributed by atoms with E-state index in [0.29, 0.717) is 24.0 Å². The minimum absolute atomic E-state index is 0.0356. The summed E-state index contributed by atoms with van der Waals surface area (Å²) in [6.45, 7) is 4.03. The Morgan fingerprint density at radius 1 is 1.25 bits per heavy atom. The largest absolute Gasteiger partial charge is 0.465 e. The first-order valence-electron chi connectivity index (χ1n) is 13.1. The summed E-state index contributed by atoms with van der Waals surface area (Å²) < 4.78 is 11.7. The summed E-state index contributed by atoms with van der Waals surface area (Å²) in [6, 6.07) is 7.61. The van der Waals surface area contributed by atoms with Gasteiger partial charge < -0.3 is 35.4 Å². The van der Waals surface area contributed by atoms with Crippen LogP contribution in [-0.4, -0.2) is 81.2 Å². The highest BCUT2D eigenvalue weighted by molar-refractivity contribution is 6.30. The number of carbonyl (C=O) groups excluding carboxylic acids is 1. The van der Waals surface area contributed by atoms with Crippen LogP contribution in [-0.2, 0) is 9.47 Å². The van der Waals surface area contributed by atoms with Gasteiger partial charge in [-0.3, -0.25) is 0 Å². The smallest absolute Gasteiger partial charge is 0.404 e. The van der Waals surface area contributed by atoms with Crippen LogP contribution in [0.1, 0.15) is 50.2 Å². The molecule has 2 fully saturated rings. The highest BCUT2D eigenvalue weighted by Crippen LogP contribution is 2.33. The van der Waals surface area contributed by atoms with Gasteiger partial charge in [0.25, 0.3) is 0 Å². The number of halogens is 1. The van der Waals surface area contributed by atoms with E-state index >= 15 is 0 Å². The maximum Gasteiger partial charge on any atom is 0.404 e. The van der Waals surface area contributed by atoms with Crippen molar-refractivity contribution in [1.29, 1.82) is 0 Å². The molecule has 0 spiro atoms. The lowest BCUT2D eigenvalue weighted by Crippen LogP contribution is -2.50. The maximum absolute atomic E-state index is 13.4. The molecular formula is C26H41ClN4O5. The van der Waals surface area contributed by atoms with Crippen LogP contribution in [0, 0.1) is 11.8 Å². The molecule has 36 heavy (non-hydrogen) atoms. The summed E-state index contributed by atoms with van der Waals surface area (Å²) in [5, 5.41) is 18.4. The number of urea groups is 1. The van der Waals surface area contributed by atoms with Crippen molar-refractivity contribution >= 4 is 23.7 Å². The van der Waals surface area contributed by atoms with E-state index in [2.05, 4.69) is 16.0 Å². The Morgan fingerprint density at radius 3 is 2.78 bits per heavy atom. The minimum Gasteiger partial charge on any atom is -0.465 e. The third kappa shape index (κ3) is 9.42. The number of carboxylic acid groups (broad SMARTS) is 1. The van der Waals surface area contributed by atoms with E-state index in [1.807, 2.05) is 36.2 Å². The molecule has 1 aromatic carbocycles. The lowest BCUT2D eigenvalue weighted by atomic mass is 9.91. The lowest BCUT2D eigenvalue weighted by Gasteiger charge is -2.33. The van der Waals surface area contributed by atoms with E-state index in [0.717, 1.165) is 63.8 Å². The van der Waals surface area contributed by atoms with Crippen LogP contribution in [0.2, 0.25) is 5.02 Å². The first-order chi connectivity index (χ1) is 17.5. The Labute approximate surface area is 219 Å². The number of hydrogen-bond acceptors (Lipinski definition) is 5. The van der Waals surface area contributed by atoms with Gasteiger partial charge in [-0.2, -0.15) is 0 Å². The van der Waals surface area contributed by atoms with Gasteiger partial charge in [-0.15, -0.1) is 0 Å². The van der Waals surface area contributed by atoms with Crippen molar-refractivity contribution in [2.24, 2.45) is 11.8 Å². The zero-order chi connectivity index (χ0) is 25.8. The van der Waals surface area contributed by atoms with Gasteiger partial charge in [-0.05, 0) is 62.8 Å². The zero-order valence-electron chi connectivity index (χ0n) is 21.2. The van der Waals surface area contributed by atoms with E-state index < -0.39 is 6.09 Å². The third-order valence-corrected chi connectivity index (χ3v) is 7.25. The molecule has 0 aliphatic carbocycles. The van der Waals surface area contributed by atoms with Gasteiger partial charge in [0.2, 0.25) is 0 Å². The summed E-state index contributed by atoms with van der Waals surface area (Å²) in [5.74, 6) is 0.633. The number of likely N-dealkylation sites (N-methyl/N-ethyl adjacent to an activating group) is 1. The second kappa shape index (κ2) is 15.2. The lowest BCUT2D eigenvalue weighted by molar-refractivity contribution is 0.00428. The van der Waals surface area contributed by atoms with E-state index in [1.54, 1.807) is 0 Å². The predicted octanol–water partition coefficient (Wildman–Crippen LogP) is 3.88. The van der Waals surface area contributed by atoms with Crippen LogP contribution in [0.15, 0.2) is 24.3 Å². The van der Waals surface area contributed by atoms with E-state index in [4.69, 9.17) is 26.2 Å². The Balaban J connectivity index is 1.67. The Kier molecular flexibility index (Phi) is 12.1. The number of rotatable bonds is 11. The molecule has 2 aliphatic rings. The first-order valence-corrected chi connectivity index (χ1v) is 13.5. The number of carbonyl (C=O) groups is 2. The standard InChI is InChI=1S/C26H41ClN4O5/c1-28-17-23(15-19-8-12-35-13-9-19)30-25(32)31-11-3-2-5-21(18-31)24(36-14-10-29-26(33)34)20-6-4-7-22(27)16-20/h4,6-7,16,19,21,23-24,28-29H,2-3,5,8-15,17-18H2,1H3,(H,30,32)(H,33,34)/t21-,23+,24+/m1/s1. The fraction of sp³-hybridized carbons (Fsp3) is 0.692.